The van der Waals surface area contributed by atoms with E-state index in [1.807, 2.05) is 0 Å². The summed E-state index contributed by atoms with van der Waals surface area (Å²) in [7, 11) is 0. The van der Waals surface area contributed by atoms with Crippen molar-refractivity contribution >= 4 is 5.97 Å². The highest BCUT2D eigenvalue weighted by atomic mass is 16.6. The molecule has 0 radical (unpaired) electrons. The zero-order valence-corrected chi connectivity index (χ0v) is 19.8. The first-order valence-corrected chi connectivity index (χ1v) is 12.3. The summed E-state index contributed by atoms with van der Waals surface area (Å²) in [6.07, 6.45) is 16.4. The lowest BCUT2D eigenvalue weighted by Crippen LogP contribution is -2.61. The van der Waals surface area contributed by atoms with E-state index in [2.05, 4.69) is 19.1 Å². The second-order valence-corrected chi connectivity index (χ2v) is 8.53. The highest BCUT2D eigenvalue weighted by Gasteiger charge is 2.41. The van der Waals surface area contributed by atoms with Gasteiger partial charge in [-0.05, 0) is 32.1 Å². The van der Waals surface area contributed by atoms with Crippen molar-refractivity contribution in [2.45, 2.75) is 127 Å². The van der Waals surface area contributed by atoms with E-state index in [0.29, 0.717) is 6.42 Å². The molecule has 0 spiro atoms. The number of aliphatic carboxylic acids is 1. The van der Waals surface area contributed by atoms with E-state index in [4.69, 9.17) is 25.8 Å². The van der Waals surface area contributed by atoms with Gasteiger partial charge in [0.1, 0.15) is 18.3 Å². The van der Waals surface area contributed by atoms with Crippen molar-refractivity contribution in [1.29, 1.82) is 0 Å². The van der Waals surface area contributed by atoms with Gasteiger partial charge in [0.25, 0.3) is 0 Å². The van der Waals surface area contributed by atoms with Gasteiger partial charge in [-0.3, -0.25) is 4.79 Å². The standard InChI is InChI=1S/C18H34O2.C6H13NO5/c1-2-3-4-5-6-7-8-9-10-11-12-13-14-15-16-17-18(19)20;7-3-5(10)4(9)2(1-8)12-6(3)11/h9-10H,2-8,11-17H2,1H3,(H,19,20);2-6,8-11H,1,7H2/b10-9-;/t;2-,3-,4-,5-,6?/m.1/s1. The third kappa shape index (κ3) is 15.7. The fourth-order valence-electron chi connectivity index (χ4n) is 3.46. The van der Waals surface area contributed by atoms with Crippen LogP contribution in [0.15, 0.2) is 12.2 Å². The summed E-state index contributed by atoms with van der Waals surface area (Å²) < 4.78 is 4.70. The van der Waals surface area contributed by atoms with Crippen LogP contribution >= 0.6 is 0 Å². The highest BCUT2D eigenvalue weighted by Crippen LogP contribution is 2.17. The Kier molecular flexibility index (Phi) is 19.9. The Balaban J connectivity index is 0.000000677. The third-order valence-electron chi connectivity index (χ3n) is 5.60. The zero-order valence-electron chi connectivity index (χ0n) is 19.8. The number of rotatable bonds is 16. The van der Waals surface area contributed by atoms with Crippen LogP contribution in [0.5, 0.6) is 0 Å². The molecule has 5 atom stereocenters. The summed E-state index contributed by atoms with van der Waals surface area (Å²) in [5, 5.41) is 44.6. The van der Waals surface area contributed by atoms with E-state index in [1.54, 1.807) is 0 Å². The van der Waals surface area contributed by atoms with Crippen LogP contribution in [0.25, 0.3) is 0 Å². The lowest BCUT2D eigenvalue weighted by Gasteiger charge is -2.38. The number of carbonyl (C=O) groups is 1. The number of nitrogens with two attached hydrogens (primary N) is 1. The van der Waals surface area contributed by atoms with Gasteiger partial charge in [-0.2, -0.15) is 0 Å². The first kappa shape index (κ1) is 31.0. The molecule has 7 N–H and O–H groups in total. The second kappa shape index (κ2) is 20.6. The van der Waals surface area contributed by atoms with Gasteiger partial charge in [0.15, 0.2) is 6.29 Å². The van der Waals surface area contributed by atoms with Crippen molar-refractivity contribution in [2.75, 3.05) is 6.61 Å². The average Bonchev–Trinajstić information content (AvgIpc) is 2.77. The first-order valence-electron chi connectivity index (χ1n) is 12.3. The number of carboxylic acid groups (broad SMARTS) is 1. The molecule has 0 aromatic heterocycles. The van der Waals surface area contributed by atoms with Crippen LogP contribution in [0.2, 0.25) is 0 Å². The summed E-state index contributed by atoms with van der Waals surface area (Å²) in [5.41, 5.74) is 5.26. The number of carboxylic acids is 1. The number of aliphatic hydroxyl groups is 4. The molecule has 1 unspecified atom stereocenters. The lowest BCUT2D eigenvalue weighted by atomic mass is 9.98. The van der Waals surface area contributed by atoms with Gasteiger partial charge in [0.2, 0.25) is 0 Å². The summed E-state index contributed by atoms with van der Waals surface area (Å²) >= 11 is 0. The normalized spacial score (nSPS) is 25.5. The molecule has 1 fully saturated rings. The molecule has 0 aromatic rings. The molecule has 0 saturated carbocycles. The van der Waals surface area contributed by atoms with Crippen LogP contribution in [-0.2, 0) is 9.53 Å². The molecule has 190 valence electrons. The van der Waals surface area contributed by atoms with Crippen molar-refractivity contribution in [2.24, 2.45) is 5.73 Å². The van der Waals surface area contributed by atoms with Crippen LogP contribution in [0.4, 0.5) is 0 Å². The number of hydrogen-bond acceptors (Lipinski definition) is 7. The van der Waals surface area contributed by atoms with Crippen molar-refractivity contribution in [3.63, 3.8) is 0 Å². The van der Waals surface area contributed by atoms with Gasteiger partial charge in [-0.1, -0.05) is 70.4 Å². The van der Waals surface area contributed by atoms with Gasteiger partial charge in [-0.25, -0.2) is 0 Å². The minimum absolute atomic E-state index is 0.332. The Hall–Kier alpha value is -1.03. The molecule has 1 heterocycles. The van der Waals surface area contributed by atoms with Crippen molar-refractivity contribution in [3.05, 3.63) is 12.2 Å². The van der Waals surface area contributed by atoms with Crippen molar-refractivity contribution in [3.8, 4) is 0 Å². The van der Waals surface area contributed by atoms with E-state index < -0.39 is 43.2 Å². The molecule has 8 heteroatoms. The molecular weight excluding hydrogens is 414 g/mol. The number of ether oxygens (including phenoxy) is 1. The Morgan fingerprint density at radius 1 is 0.844 bits per heavy atom. The van der Waals surface area contributed by atoms with Gasteiger partial charge >= 0.3 is 5.97 Å². The van der Waals surface area contributed by atoms with E-state index in [9.17, 15) is 15.0 Å². The zero-order chi connectivity index (χ0) is 24.2. The predicted molar refractivity (Wildman–Crippen MR) is 125 cm³/mol. The molecule has 1 aliphatic heterocycles. The maximum atomic E-state index is 10.3. The third-order valence-corrected chi connectivity index (χ3v) is 5.60. The minimum Gasteiger partial charge on any atom is -0.481 e. The molecular formula is C24H47NO7. The van der Waals surface area contributed by atoms with Crippen molar-refractivity contribution < 1.29 is 35.1 Å². The number of allylic oxidation sites excluding steroid dienone is 2. The smallest absolute Gasteiger partial charge is 0.303 e. The maximum absolute atomic E-state index is 10.3. The molecule has 0 amide bonds. The van der Waals surface area contributed by atoms with E-state index in [1.165, 1.54) is 70.6 Å². The van der Waals surface area contributed by atoms with Gasteiger partial charge < -0.3 is 36.0 Å². The Morgan fingerprint density at radius 3 is 1.84 bits per heavy atom. The summed E-state index contributed by atoms with van der Waals surface area (Å²) in [4.78, 5) is 10.3. The quantitative estimate of drug-likeness (QED) is 0.151. The van der Waals surface area contributed by atoms with Gasteiger partial charge in [0.05, 0.1) is 12.6 Å². The van der Waals surface area contributed by atoms with E-state index in [-0.39, 0.29) is 0 Å². The Labute approximate surface area is 193 Å². The minimum atomic E-state index is -1.35. The molecule has 0 bridgehead atoms. The number of hydrogen-bond donors (Lipinski definition) is 6. The molecule has 1 aliphatic rings. The topological polar surface area (TPSA) is 153 Å². The fourth-order valence-corrected chi connectivity index (χ4v) is 3.46. The van der Waals surface area contributed by atoms with E-state index >= 15 is 0 Å². The average molecular weight is 462 g/mol. The largest absolute Gasteiger partial charge is 0.481 e. The molecule has 8 nitrogen and oxygen atoms in total. The fraction of sp³-hybridized carbons (Fsp3) is 0.875. The van der Waals surface area contributed by atoms with Crippen LogP contribution in [0.3, 0.4) is 0 Å². The molecule has 1 rings (SSSR count). The van der Waals surface area contributed by atoms with Crippen molar-refractivity contribution in [1.82, 2.24) is 0 Å². The number of unbranched alkanes of at least 4 members (excludes halogenated alkanes) is 11. The summed E-state index contributed by atoms with van der Waals surface area (Å²) in [5.74, 6) is -0.664. The van der Waals surface area contributed by atoms with Gasteiger partial charge in [0, 0.05) is 6.42 Å². The molecule has 0 aromatic carbocycles. The van der Waals surface area contributed by atoms with Crippen LogP contribution in [0.1, 0.15) is 96.8 Å². The van der Waals surface area contributed by atoms with Crippen LogP contribution in [-0.4, -0.2) is 68.8 Å². The first-order chi connectivity index (χ1) is 15.3. The van der Waals surface area contributed by atoms with Gasteiger partial charge in [-0.15, -0.1) is 0 Å². The second-order valence-electron chi connectivity index (χ2n) is 8.53. The highest BCUT2D eigenvalue weighted by molar-refractivity contribution is 5.66. The Morgan fingerprint density at radius 2 is 1.34 bits per heavy atom. The predicted octanol–water partition coefficient (Wildman–Crippen LogP) is 2.85. The lowest BCUT2D eigenvalue weighted by molar-refractivity contribution is -0.248. The summed E-state index contributed by atoms with van der Waals surface area (Å²) in [6.45, 7) is 1.79. The van der Waals surface area contributed by atoms with Crippen LogP contribution < -0.4 is 5.73 Å². The van der Waals surface area contributed by atoms with Crippen LogP contribution in [0, 0.1) is 0 Å². The summed E-state index contributed by atoms with van der Waals surface area (Å²) in [6, 6.07) is -1.04. The SMILES string of the molecule is CCCCCCCC/C=C\CCCCCCCC(=O)O.N[C@H]1C(O)O[C@H](CO)[C@@H](O)[C@@H]1O. The molecule has 0 aliphatic carbocycles. The maximum Gasteiger partial charge on any atom is 0.303 e. The number of aliphatic hydroxyl groups excluding tert-OH is 4. The monoisotopic (exact) mass is 461 g/mol. The molecule has 1 saturated heterocycles. The Bertz CT molecular complexity index is 471. The molecule has 32 heavy (non-hydrogen) atoms. The van der Waals surface area contributed by atoms with E-state index in [0.717, 1.165) is 12.8 Å².